The van der Waals surface area contributed by atoms with E-state index >= 15 is 0 Å². The molecule has 0 aliphatic rings. The molecule has 0 saturated carbocycles. The Bertz CT molecular complexity index is 1420. The maximum absolute atomic E-state index is 9.11. The zero-order valence-corrected chi connectivity index (χ0v) is 39.0. The van der Waals surface area contributed by atoms with Gasteiger partial charge in [0.25, 0.3) is 0 Å². The molecule has 6 aromatic carbocycles. The highest BCUT2D eigenvalue weighted by atomic mass is 32.1. The van der Waals surface area contributed by atoms with E-state index in [9.17, 15) is 0 Å². The van der Waals surface area contributed by atoms with Crippen molar-refractivity contribution in [3.05, 3.63) is 146 Å². The van der Waals surface area contributed by atoms with Gasteiger partial charge < -0.3 is 20.4 Å². The molecule has 0 unspecified atom stereocenters. The van der Waals surface area contributed by atoms with Crippen molar-refractivity contribution in [2.24, 2.45) is 0 Å². The molecule has 0 heterocycles. The van der Waals surface area contributed by atoms with Gasteiger partial charge in [-0.3, -0.25) is 0 Å². The van der Waals surface area contributed by atoms with Crippen molar-refractivity contribution >= 4 is 50.5 Å². The third-order valence-corrected chi connectivity index (χ3v) is 7.03. The topological polar surface area (TPSA) is 80.9 Å². The Balaban J connectivity index is -0.000000301. The van der Waals surface area contributed by atoms with Crippen LogP contribution < -0.4 is 0 Å². The standard InChI is InChI=1S/C12H10O2.C12H10S2.C6H6O2.C6H6S2.6C2H6/c2*13-11-5-1-9(2-6-11)10-3-7-12(14)8-4-10;2*7-5-1-2-6(8)4-3-5;6*1-2/h2*1-8,13-14H;2*1-4,7-8H;6*1-2H3. The van der Waals surface area contributed by atoms with E-state index in [1.807, 2.05) is 156 Å². The fraction of sp³-hybridized carbons (Fsp3) is 0.250. The third kappa shape index (κ3) is 29.2. The molecule has 0 aliphatic carbocycles. The molecule has 6 rings (SSSR count). The van der Waals surface area contributed by atoms with E-state index in [1.54, 1.807) is 24.3 Å². The van der Waals surface area contributed by atoms with Crippen LogP contribution in [0.5, 0.6) is 23.0 Å². The first-order chi connectivity index (χ1) is 27.1. The number of thiol groups is 4. The fourth-order valence-electron chi connectivity index (χ4n) is 3.52. The van der Waals surface area contributed by atoms with Crippen LogP contribution in [0, 0.1) is 0 Å². The lowest BCUT2D eigenvalue weighted by molar-refractivity contribution is 0.460. The molecule has 56 heavy (non-hydrogen) atoms. The van der Waals surface area contributed by atoms with Crippen LogP contribution in [0.3, 0.4) is 0 Å². The molecule has 0 spiro atoms. The van der Waals surface area contributed by atoms with Gasteiger partial charge in [0.2, 0.25) is 0 Å². The third-order valence-electron chi connectivity index (χ3n) is 5.84. The van der Waals surface area contributed by atoms with Gasteiger partial charge in [-0.2, -0.15) is 0 Å². The predicted molar refractivity (Wildman–Crippen MR) is 260 cm³/mol. The number of rotatable bonds is 2. The van der Waals surface area contributed by atoms with E-state index < -0.39 is 0 Å². The van der Waals surface area contributed by atoms with Gasteiger partial charge in [0.15, 0.2) is 0 Å². The SMILES string of the molecule is CC.CC.CC.CC.CC.CC.Oc1ccc(-c2ccc(O)cc2)cc1.Oc1ccc(O)cc1.Sc1ccc(-c2ccc(S)cc2)cc1.Sc1ccc(S)cc1. The summed E-state index contributed by atoms with van der Waals surface area (Å²) in [6, 6.07) is 43.5. The van der Waals surface area contributed by atoms with Crippen molar-refractivity contribution in [2.75, 3.05) is 0 Å². The monoisotopic (exact) mass is 836 g/mol. The van der Waals surface area contributed by atoms with Crippen molar-refractivity contribution in [1.29, 1.82) is 0 Å². The molecule has 0 bridgehead atoms. The van der Waals surface area contributed by atoms with Gasteiger partial charge in [-0.15, -0.1) is 50.5 Å². The van der Waals surface area contributed by atoms with Gasteiger partial charge in [0.05, 0.1) is 0 Å². The van der Waals surface area contributed by atoms with Gasteiger partial charge in [-0.1, -0.05) is 132 Å². The number of benzene rings is 6. The summed E-state index contributed by atoms with van der Waals surface area (Å²) in [5.41, 5.74) is 4.44. The molecule has 0 radical (unpaired) electrons. The molecule has 4 nitrogen and oxygen atoms in total. The predicted octanol–water partition coefficient (Wildman–Crippen LogP) is 16.2. The highest BCUT2D eigenvalue weighted by molar-refractivity contribution is 7.81. The largest absolute Gasteiger partial charge is 0.508 e. The summed E-state index contributed by atoms with van der Waals surface area (Å²) in [6.45, 7) is 24.0. The molecule has 0 atom stereocenters. The fourth-order valence-corrected chi connectivity index (χ4v) is 4.12. The lowest BCUT2D eigenvalue weighted by atomic mass is 10.1. The zero-order valence-electron chi connectivity index (χ0n) is 35.4. The second kappa shape index (κ2) is 40.6. The summed E-state index contributed by atoms with van der Waals surface area (Å²) in [6.07, 6.45) is 0. The second-order valence-corrected chi connectivity index (χ2v) is 11.3. The van der Waals surface area contributed by atoms with Gasteiger partial charge in [-0.05, 0) is 119 Å². The molecule has 8 heteroatoms. The molecule has 4 N–H and O–H groups in total. The molecule has 0 aromatic heterocycles. The number of hydrogen-bond acceptors (Lipinski definition) is 8. The van der Waals surface area contributed by atoms with E-state index in [2.05, 4.69) is 74.8 Å². The van der Waals surface area contributed by atoms with Crippen LogP contribution >= 0.6 is 50.5 Å². The summed E-state index contributed by atoms with van der Waals surface area (Å²) < 4.78 is 0. The van der Waals surface area contributed by atoms with Crippen LogP contribution in [0.1, 0.15) is 83.1 Å². The second-order valence-electron chi connectivity index (χ2n) is 9.22. The normalized spacial score (nSPS) is 8.29. The maximum Gasteiger partial charge on any atom is 0.115 e. The first-order valence-corrected chi connectivity index (χ1v) is 21.0. The number of hydrogen-bond donors (Lipinski definition) is 8. The number of aromatic hydroxyl groups is 4. The first kappa shape index (κ1) is 58.6. The quantitative estimate of drug-likeness (QED) is 0.0660. The van der Waals surface area contributed by atoms with E-state index in [1.165, 1.54) is 35.4 Å². The molecule has 0 saturated heterocycles. The van der Waals surface area contributed by atoms with E-state index in [-0.39, 0.29) is 23.0 Å². The van der Waals surface area contributed by atoms with Crippen molar-refractivity contribution in [3.8, 4) is 45.3 Å². The molecule has 6 aromatic rings. The molecule has 0 fully saturated rings. The lowest BCUT2D eigenvalue weighted by Crippen LogP contribution is -1.76. The minimum absolute atomic E-state index is 0.169. The molecular formula is C48H68O4S4. The Hall–Kier alpha value is -4.08. The maximum atomic E-state index is 9.11. The Morgan fingerprint density at radius 2 is 0.321 bits per heavy atom. The summed E-state index contributed by atoms with van der Waals surface area (Å²) in [4.78, 5) is 3.92. The summed E-state index contributed by atoms with van der Waals surface area (Å²) in [5.74, 6) is 0.852. The van der Waals surface area contributed by atoms with Crippen LogP contribution in [0.25, 0.3) is 22.3 Å². The van der Waals surface area contributed by atoms with Crippen LogP contribution in [0.2, 0.25) is 0 Å². The minimum Gasteiger partial charge on any atom is -0.508 e. The zero-order chi connectivity index (χ0) is 43.9. The summed E-state index contributed by atoms with van der Waals surface area (Å²) in [5, 5.41) is 35.5. The highest BCUT2D eigenvalue weighted by Gasteiger charge is 1.98. The van der Waals surface area contributed by atoms with Crippen LogP contribution in [-0.4, -0.2) is 20.4 Å². The average molecular weight is 837 g/mol. The summed E-state index contributed by atoms with van der Waals surface area (Å²) in [7, 11) is 0. The van der Waals surface area contributed by atoms with Crippen LogP contribution in [0.4, 0.5) is 0 Å². The van der Waals surface area contributed by atoms with Gasteiger partial charge in [0, 0.05) is 19.6 Å². The summed E-state index contributed by atoms with van der Waals surface area (Å²) >= 11 is 16.7. The van der Waals surface area contributed by atoms with Gasteiger partial charge >= 0.3 is 0 Å². The smallest absolute Gasteiger partial charge is 0.115 e. The Morgan fingerprint density at radius 3 is 0.482 bits per heavy atom. The van der Waals surface area contributed by atoms with Crippen LogP contribution in [-0.2, 0) is 0 Å². The van der Waals surface area contributed by atoms with Gasteiger partial charge in [0.1, 0.15) is 23.0 Å². The highest BCUT2D eigenvalue weighted by Crippen LogP contribution is 2.24. The average Bonchev–Trinajstić information content (AvgIpc) is 3.26. The Morgan fingerprint density at radius 1 is 0.214 bits per heavy atom. The first-order valence-electron chi connectivity index (χ1n) is 19.2. The van der Waals surface area contributed by atoms with E-state index in [0.29, 0.717) is 0 Å². The lowest BCUT2D eigenvalue weighted by Gasteiger charge is -2.01. The number of phenols is 4. The van der Waals surface area contributed by atoms with Crippen molar-refractivity contribution in [3.63, 3.8) is 0 Å². The van der Waals surface area contributed by atoms with Crippen molar-refractivity contribution < 1.29 is 20.4 Å². The Labute approximate surface area is 362 Å². The van der Waals surface area contributed by atoms with Gasteiger partial charge in [-0.25, -0.2) is 0 Å². The van der Waals surface area contributed by atoms with Crippen LogP contribution in [0.15, 0.2) is 165 Å². The van der Waals surface area contributed by atoms with E-state index in [4.69, 9.17) is 20.4 Å². The van der Waals surface area contributed by atoms with E-state index in [0.717, 1.165) is 30.7 Å². The molecule has 308 valence electrons. The van der Waals surface area contributed by atoms with Crippen molar-refractivity contribution in [1.82, 2.24) is 0 Å². The molecular weight excluding hydrogens is 769 g/mol. The Kier molecular flexibility index (Phi) is 42.5. The molecule has 0 aliphatic heterocycles. The minimum atomic E-state index is 0.169. The number of phenolic OH excluding ortho intramolecular Hbond substituents is 4. The van der Waals surface area contributed by atoms with Crippen molar-refractivity contribution in [2.45, 2.75) is 103 Å². The molecule has 0 amide bonds.